The summed E-state index contributed by atoms with van der Waals surface area (Å²) in [5, 5.41) is 11.5. The molecule has 1 aliphatic rings. The van der Waals surface area contributed by atoms with E-state index in [2.05, 4.69) is 52.3 Å². The molecule has 0 saturated heterocycles. The summed E-state index contributed by atoms with van der Waals surface area (Å²) < 4.78 is 1.16. The van der Waals surface area contributed by atoms with E-state index in [9.17, 15) is 5.26 Å². The first-order valence-electron chi connectivity index (χ1n) is 6.96. The Morgan fingerprint density at radius 2 is 2.32 bits per heavy atom. The van der Waals surface area contributed by atoms with Gasteiger partial charge < -0.3 is 0 Å². The highest BCUT2D eigenvalue weighted by Gasteiger charge is 2.32. The van der Waals surface area contributed by atoms with Crippen molar-refractivity contribution in [2.24, 2.45) is 11.8 Å². The highest BCUT2D eigenvalue weighted by Crippen LogP contribution is 2.34. The molecule has 1 fully saturated rings. The Morgan fingerprint density at radius 1 is 1.53 bits per heavy atom. The normalized spacial score (nSPS) is 27.4. The second-order valence-electron chi connectivity index (χ2n) is 5.54. The maximum atomic E-state index is 9.36. The van der Waals surface area contributed by atoms with Gasteiger partial charge in [0.2, 0.25) is 0 Å². The van der Waals surface area contributed by atoms with Gasteiger partial charge in [0.1, 0.15) is 0 Å². The molecule has 1 saturated carbocycles. The van der Waals surface area contributed by atoms with Crippen molar-refractivity contribution >= 4 is 27.3 Å². The Bertz CT molecular complexity index is 451. The summed E-state index contributed by atoms with van der Waals surface area (Å²) >= 11 is 5.29. The Balaban J connectivity index is 2.02. The molecule has 19 heavy (non-hydrogen) atoms. The van der Waals surface area contributed by atoms with Gasteiger partial charge in [0.05, 0.1) is 12.0 Å². The molecular formula is C15H21BrN2S. The molecule has 1 aliphatic carbocycles. The highest BCUT2D eigenvalue weighted by atomic mass is 79.9. The zero-order valence-corrected chi connectivity index (χ0v) is 14.0. The Labute approximate surface area is 128 Å². The van der Waals surface area contributed by atoms with E-state index in [4.69, 9.17) is 0 Å². The maximum absolute atomic E-state index is 9.36. The Morgan fingerprint density at radius 3 is 2.89 bits per heavy atom. The largest absolute Gasteiger partial charge is 0.297 e. The van der Waals surface area contributed by atoms with E-state index in [0.717, 1.165) is 23.4 Å². The molecule has 3 unspecified atom stereocenters. The molecule has 0 radical (unpaired) electrons. The van der Waals surface area contributed by atoms with Crippen LogP contribution >= 0.6 is 27.3 Å². The molecular weight excluding hydrogens is 320 g/mol. The molecule has 0 aliphatic heterocycles. The molecule has 1 heterocycles. The van der Waals surface area contributed by atoms with Gasteiger partial charge >= 0.3 is 0 Å². The third-order valence-electron chi connectivity index (χ3n) is 4.26. The van der Waals surface area contributed by atoms with Crippen molar-refractivity contribution in [3.63, 3.8) is 0 Å². The molecule has 0 amide bonds. The topological polar surface area (TPSA) is 27.0 Å². The minimum Gasteiger partial charge on any atom is -0.297 e. The van der Waals surface area contributed by atoms with Crippen molar-refractivity contribution in [2.75, 3.05) is 7.05 Å². The quantitative estimate of drug-likeness (QED) is 0.796. The lowest BCUT2D eigenvalue weighted by Crippen LogP contribution is -2.41. The van der Waals surface area contributed by atoms with Gasteiger partial charge in [-0.3, -0.25) is 4.90 Å². The number of rotatable bonds is 4. The smallest absolute Gasteiger partial charge is 0.0672 e. The predicted octanol–water partition coefficient (Wildman–Crippen LogP) is 4.66. The lowest BCUT2D eigenvalue weighted by molar-refractivity contribution is 0.119. The van der Waals surface area contributed by atoms with Gasteiger partial charge in [-0.15, -0.1) is 11.3 Å². The first-order valence-corrected chi connectivity index (χ1v) is 8.64. The van der Waals surface area contributed by atoms with Crippen LogP contribution in [0.3, 0.4) is 0 Å². The fourth-order valence-electron chi connectivity index (χ4n) is 3.04. The van der Waals surface area contributed by atoms with Gasteiger partial charge in [-0.05, 0) is 54.2 Å². The van der Waals surface area contributed by atoms with Crippen molar-refractivity contribution < 1.29 is 0 Å². The Hall–Kier alpha value is -0.370. The molecule has 2 nitrogen and oxygen atoms in total. The van der Waals surface area contributed by atoms with Crippen LogP contribution in [0, 0.1) is 23.2 Å². The molecule has 1 aromatic heterocycles. The summed E-state index contributed by atoms with van der Waals surface area (Å²) in [5.41, 5.74) is 0. The number of halogens is 1. The molecule has 0 spiro atoms. The summed E-state index contributed by atoms with van der Waals surface area (Å²) in [5.74, 6) is 1.00. The number of nitriles is 1. The van der Waals surface area contributed by atoms with E-state index in [1.54, 1.807) is 11.3 Å². The molecule has 0 bridgehead atoms. The van der Waals surface area contributed by atoms with E-state index < -0.39 is 0 Å². The van der Waals surface area contributed by atoms with E-state index in [0.29, 0.717) is 6.04 Å². The first kappa shape index (κ1) is 15.0. The van der Waals surface area contributed by atoms with Crippen LogP contribution in [0.5, 0.6) is 0 Å². The molecule has 1 aromatic rings. The number of hydrogen-bond acceptors (Lipinski definition) is 3. The van der Waals surface area contributed by atoms with Crippen molar-refractivity contribution in [2.45, 2.75) is 45.2 Å². The van der Waals surface area contributed by atoms with E-state index in [-0.39, 0.29) is 5.92 Å². The van der Waals surface area contributed by atoms with Crippen LogP contribution in [0.4, 0.5) is 0 Å². The summed E-state index contributed by atoms with van der Waals surface area (Å²) in [7, 11) is 2.17. The minimum atomic E-state index is 0.205. The SMILES string of the molecule is CCC1CCC(C#N)C(N(C)Cc2cc(Br)cs2)C1. The molecule has 3 atom stereocenters. The fourth-order valence-corrected chi connectivity index (χ4v) is 4.55. The summed E-state index contributed by atoms with van der Waals surface area (Å²) in [6, 6.07) is 5.13. The fraction of sp³-hybridized carbons (Fsp3) is 0.667. The third kappa shape index (κ3) is 3.81. The van der Waals surface area contributed by atoms with Crippen LogP contribution in [-0.2, 0) is 6.54 Å². The Kier molecular flexibility index (Phi) is 5.44. The van der Waals surface area contributed by atoms with Crippen molar-refractivity contribution in [3.05, 3.63) is 20.8 Å². The summed E-state index contributed by atoms with van der Waals surface area (Å²) in [6.07, 6.45) is 4.71. The average Bonchev–Trinajstić information content (AvgIpc) is 2.83. The second kappa shape index (κ2) is 6.88. The number of nitrogens with zero attached hydrogens (tertiary/aromatic N) is 2. The van der Waals surface area contributed by atoms with Gasteiger partial charge in [-0.1, -0.05) is 13.3 Å². The molecule has 2 rings (SSSR count). The average molecular weight is 341 g/mol. The third-order valence-corrected chi connectivity index (χ3v) is 5.94. The van der Waals surface area contributed by atoms with Crippen LogP contribution in [0.1, 0.15) is 37.5 Å². The van der Waals surface area contributed by atoms with Crippen molar-refractivity contribution in [3.8, 4) is 6.07 Å². The van der Waals surface area contributed by atoms with Crippen LogP contribution < -0.4 is 0 Å². The monoisotopic (exact) mass is 340 g/mol. The minimum absolute atomic E-state index is 0.205. The lowest BCUT2D eigenvalue weighted by Gasteiger charge is -2.38. The van der Waals surface area contributed by atoms with E-state index in [1.165, 1.54) is 24.1 Å². The lowest BCUT2D eigenvalue weighted by atomic mass is 9.77. The second-order valence-corrected chi connectivity index (χ2v) is 7.45. The van der Waals surface area contributed by atoms with Gasteiger partial charge in [-0.2, -0.15) is 5.26 Å². The van der Waals surface area contributed by atoms with Crippen LogP contribution in [0.2, 0.25) is 0 Å². The van der Waals surface area contributed by atoms with E-state index >= 15 is 0 Å². The predicted molar refractivity (Wildman–Crippen MR) is 84.0 cm³/mol. The molecule has 0 N–H and O–H groups in total. The molecule has 104 valence electrons. The van der Waals surface area contributed by atoms with E-state index in [1.807, 2.05) is 0 Å². The summed E-state index contributed by atoms with van der Waals surface area (Å²) in [6.45, 7) is 3.22. The maximum Gasteiger partial charge on any atom is 0.0672 e. The number of hydrogen-bond donors (Lipinski definition) is 0. The molecule has 4 heteroatoms. The first-order chi connectivity index (χ1) is 9.13. The van der Waals surface area contributed by atoms with Crippen LogP contribution in [-0.4, -0.2) is 18.0 Å². The summed E-state index contributed by atoms with van der Waals surface area (Å²) in [4.78, 5) is 3.75. The van der Waals surface area contributed by atoms with Gasteiger partial charge in [0.15, 0.2) is 0 Å². The standard InChI is InChI=1S/C15H21BrN2S/c1-3-11-4-5-12(8-17)15(6-11)18(2)9-14-7-13(16)10-19-14/h7,10-12,15H,3-6,9H2,1-2H3. The van der Waals surface area contributed by atoms with Crippen LogP contribution in [0.15, 0.2) is 15.9 Å². The number of thiophene rings is 1. The molecule has 0 aromatic carbocycles. The van der Waals surface area contributed by atoms with Gasteiger partial charge in [-0.25, -0.2) is 0 Å². The van der Waals surface area contributed by atoms with Gasteiger partial charge in [0, 0.05) is 27.3 Å². The van der Waals surface area contributed by atoms with Crippen molar-refractivity contribution in [1.29, 1.82) is 5.26 Å². The van der Waals surface area contributed by atoms with Gasteiger partial charge in [0.25, 0.3) is 0 Å². The zero-order chi connectivity index (χ0) is 13.8. The zero-order valence-electron chi connectivity index (χ0n) is 11.6. The van der Waals surface area contributed by atoms with Crippen molar-refractivity contribution in [1.82, 2.24) is 4.90 Å². The highest BCUT2D eigenvalue weighted by molar-refractivity contribution is 9.10. The van der Waals surface area contributed by atoms with Crippen LogP contribution in [0.25, 0.3) is 0 Å².